The van der Waals surface area contributed by atoms with Crippen LogP contribution in [0.15, 0.2) is 35.7 Å². The van der Waals surface area contributed by atoms with Gasteiger partial charge in [0.15, 0.2) is 16.7 Å². The lowest BCUT2D eigenvalue weighted by molar-refractivity contribution is 0.387. The second-order valence-corrected chi connectivity index (χ2v) is 5.73. The third-order valence-corrected chi connectivity index (χ3v) is 4.06. The lowest BCUT2D eigenvalue weighted by atomic mass is 10.1. The average molecular weight is 351 g/mol. The Bertz CT molecular complexity index is 855. The highest BCUT2D eigenvalue weighted by Crippen LogP contribution is 2.35. The van der Waals surface area contributed by atoms with Gasteiger partial charge in [0, 0.05) is 23.5 Å². The van der Waals surface area contributed by atoms with Gasteiger partial charge in [-0.25, -0.2) is 14.4 Å². The number of nitrogens with one attached hydrogen (secondary N) is 1. The van der Waals surface area contributed by atoms with Gasteiger partial charge < -0.3 is 4.74 Å². The molecule has 0 aliphatic heterocycles. The van der Waals surface area contributed by atoms with Crippen LogP contribution < -0.4 is 4.74 Å². The summed E-state index contributed by atoms with van der Waals surface area (Å²) in [6.45, 7) is 0. The predicted molar refractivity (Wildman–Crippen MR) is 88.4 cm³/mol. The van der Waals surface area contributed by atoms with Gasteiger partial charge in [-0.05, 0) is 24.5 Å². The van der Waals surface area contributed by atoms with E-state index >= 15 is 0 Å². The zero-order valence-electron chi connectivity index (χ0n) is 12.3. The summed E-state index contributed by atoms with van der Waals surface area (Å²) >= 11 is 7.39. The molecule has 3 rings (SSSR count). The van der Waals surface area contributed by atoms with Crippen molar-refractivity contribution in [3.05, 3.63) is 41.4 Å². The summed E-state index contributed by atoms with van der Waals surface area (Å²) in [5.74, 6) is -0.532. The van der Waals surface area contributed by atoms with Crippen LogP contribution in [0.5, 0.6) is 5.75 Å². The maximum Gasteiger partial charge on any atom is 0.187 e. The van der Waals surface area contributed by atoms with E-state index in [1.807, 2.05) is 6.26 Å². The van der Waals surface area contributed by atoms with Crippen LogP contribution in [0.2, 0.25) is 5.02 Å². The minimum atomic E-state index is -0.596. The van der Waals surface area contributed by atoms with Gasteiger partial charge in [0.1, 0.15) is 5.69 Å². The first-order valence-corrected chi connectivity index (χ1v) is 8.19. The lowest BCUT2D eigenvalue weighted by Crippen LogP contribution is -1.93. The Kier molecular flexibility index (Phi) is 4.49. The second kappa shape index (κ2) is 6.55. The molecule has 2 aromatic heterocycles. The number of halogens is 2. The van der Waals surface area contributed by atoms with Crippen LogP contribution in [0.25, 0.3) is 22.5 Å². The maximum absolute atomic E-state index is 13.8. The Morgan fingerprint density at radius 1 is 1.35 bits per heavy atom. The topological polar surface area (TPSA) is 63.7 Å². The zero-order chi connectivity index (χ0) is 16.4. The van der Waals surface area contributed by atoms with Crippen molar-refractivity contribution in [2.24, 2.45) is 0 Å². The number of H-pyrrole nitrogens is 1. The number of methoxy groups -OCH3 is 1. The molecule has 0 radical (unpaired) electrons. The molecular formula is C15H12ClFN4OS. The van der Waals surface area contributed by atoms with E-state index in [-0.39, 0.29) is 10.8 Å². The predicted octanol–water partition coefficient (Wildman–Crippen LogP) is 4.06. The first kappa shape index (κ1) is 15.8. The highest BCUT2D eigenvalue weighted by molar-refractivity contribution is 7.98. The molecule has 2 heterocycles. The number of thioether (sulfide) groups is 1. The third-order valence-electron chi connectivity index (χ3n) is 3.22. The molecule has 0 spiro atoms. The Balaban J connectivity index is 2.13. The van der Waals surface area contributed by atoms with Gasteiger partial charge in [0.2, 0.25) is 0 Å². The van der Waals surface area contributed by atoms with Crippen LogP contribution in [0, 0.1) is 5.82 Å². The van der Waals surface area contributed by atoms with Crippen molar-refractivity contribution in [1.29, 1.82) is 0 Å². The number of hydrogen-bond acceptors (Lipinski definition) is 5. The molecule has 0 amide bonds. The van der Waals surface area contributed by atoms with Gasteiger partial charge in [-0.2, -0.15) is 5.10 Å². The third kappa shape index (κ3) is 3.02. The monoisotopic (exact) mass is 350 g/mol. The number of hydrogen-bond donors (Lipinski definition) is 1. The fraction of sp³-hybridized carbons (Fsp3) is 0.133. The maximum atomic E-state index is 13.8. The van der Waals surface area contributed by atoms with Crippen LogP contribution in [-0.4, -0.2) is 33.5 Å². The van der Waals surface area contributed by atoms with Crippen LogP contribution in [-0.2, 0) is 0 Å². The first-order valence-electron chi connectivity index (χ1n) is 6.58. The first-order chi connectivity index (χ1) is 11.1. The Morgan fingerprint density at radius 2 is 2.17 bits per heavy atom. The molecule has 0 fully saturated rings. The molecule has 8 heteroatoms. The number of rotatable bonds is 4. The molecule has 118 valence electrons. The van der Waals surface area contributed by atoms with Crippen molar-refractivity contribution in [1.82, 2.24) is 20.2 Å². The van der Waals surface area contributed by atoms with E-state index in [1.165, 1.54) is 24.9 Å². The molecule has 1 N–H and O–H groups in total. The Morgan fingerprint density at radius 3 is 2.91 bits per heavy atom. The van der Waals surface area contributed by atoms with Crippen molar-refractivity contribution in [3.63, 3.8) is 0 Å². The van der Waals surface area contributed by atoms with Crippen LogP contribution in [0.1, 0.15) is 0 Å². The van der Waals surface area contributed by atoms with Crippen LogP contribution in [0.3, 0.4) is 0 Å². The summed E-state index contributed by atoms with van der Waals surface area (Å²) in [6.07, 6.45) is 5.31. The molecule has 0 saturated carbocycles. The van der Waals surface area contributed by atoms with Crippen molar-refractivity contribution in [2.75, 3.05) is 13.4 Å². The highest BCUT2D eigenvalue weighted by atomic mass is 35.5. The van der Waals surface area contributed by atoms with Gasteiger partial charge in [0.05, 0.1) is 17.8 Å². The number of aromatic amines is 1. The van der Waals surface area contributed by atoms with E-state index in [1.54, 1.807) is 24.5 Å². The molecule has 5 nitrogen and oxygen atoms in total. The fourth-order valence-electron chi connectivity index (χ4n) is 2.14. The van der Waals surface area contributed by atoms with E-state index in [0.29, 0.717) is 22.1 Å². The molecule has 0 aliphatic rings. The van der Waals surface area contributed by atoms with Crippen molar-refractivity contribution >= 4 is 23.4 Å². The average Bonchev–Trinajstić information content (AvgIpc) is 3.07. The highest BCUT2D eigenvalue weighted by Gasteiger charge is 2.17. The van der Waals surface area contributed by atoms with E-state index in [0.717, 1.165) is 5.56 Å². The Hall–Kier alpha value is -2.12. The number of aromatic nitrogens is 4. The summed E-state index contributed by atoms with van der Waals surface area (Å²) in [6, 6.07) is 4.85. The van der Waals surface area contributed by atoms with Gasteiger partial charge in [0.25, 0.3) is 0 Å². The molecule has 0 atom stereocenters. The summed E-state index contributed by atoms with van der Waals surface area (Å²) < 4.78 is 18.9. The standard InChI is InChI=1S/C15H12ClFN4OS/c1-22-12-6-8(5-10(16)13(12)17)14-9(7-19-21-14)11-3-4-18-15(20-11)23-2/h3-7H,1-2H3,(H,19,21). The van der Waals surface area contributed by atoms with E-state index in [4.69, 9.17) is 16.3 Å². The van der Waals surface area contributed by atoms with Crippen molar-refractivity contribution in [3.8, 4) is 28.3 Å². The van der Waals surface area contributed by atoms with Gasteiger partial charge in [-0.15, -0.1) is 0 Å². The molecule has 0 bridgehead atoms. The van der Waals surface area contributed by atoms with E-state index < -0.39 is 5.82 Å². The molecule has 0 saturated heterocycles. The fourth-order valence-corrected chi connectivity index (χ4v) is 2.71. The van der Waals surface area contributed by atoms with Crippen molar-refractivity contribution < 1.29 is 9.13 Å². The van der Waals surface area contributed by atoms with Crippen LogP contribution in [0.4, 0.5) is 4.39 Å². The minimum absolute atomic E-state index is 0.0270. The van der Waals surface area contributed by atoms with Gasteiger partial charge >= 0.3 is 0 Å². The van der Waals surface area contributed by atoms with E-state index in [2.05, 4.69) is 20.2 Å². The summed E-state index contributed by atoms with van der Waals surface area (Å²) in [4.78, 5) is 8.61. The molecular weight excluding hydrogens is 339 g/mol. The number of benzene rings is 1. The summed E-state index contributed by atoms with van der Waals surface area (Å²) in [7, 11) is 1.39. The minimum Gasteiger partial charge on any atom is -0.494 e. The van der Waals surface area contributed by atoms with Gasteiger partial charge in [-0.1, -0.05) is 23.4 Å². The quantitative estimate of drug-likeness (QED) is 0.568. The largest absolute Gasteiger partial charge is 0.494 e. The number of nitrogens with zero attached hydrogens (tertiary/aromatic N) is 3. The van der Waals surface area contributed by atoms with E-state index in [9.17, 15) is 4.39 Å². The SMILES string of the molecule is COc1cc(-c2n[nH]cc2-c2ccnc(SC)n2)cc(Cl)c1F. The smallest absolute Gasteiger partial charge is 0.187 e. The zero-order valence-corrected chi connectivity index (χ0v) is 13.9. The molecule has 0 unspecified atom stereocenters. The Labute approximate surface area is 141 Å². The summed E-state index contributed by atoms with van der Waals surface area (Å²) in [5, 5.41) is 7.67. The molecule has 0 aliphatic carbocycles. The van der Waals surface area contributed by atoms with Gasteiger partial charge in [-0.3, -0.25) is 5.10 Å². The second-order valence-electron chi connectivity index (χ2n) is 4.55. The normalized spacial score (nSPS) is 10.8. The van der Waals surface area contributed by atoms with Crippen LogP contribution >= 0.6 is 23.4 Å². The summed E-state index contributed by atoms with van der Waals surface area (Å²) in [5.41, 5.74) is 2.73. The molecule has 1 aromatic carbocycles. The number of ether oxygens (including phenoxy) is 1. The molecule has 23 heavy (non-hydrogen) atoms. The lowest BCUT2D eigenvalue weighted by Gasteiger charge is -2.08. The molecule has 3 aromatic rings. The van der Waals surface area contributed by atoms with Crippen molar-refractivity contribution in [2.45, 2.75) is 5.16 Å².